The van der Waals surface area contributed by atoms with Crippen LogP contribution < -0.4 is 0 Å². The molecule has 0 aromatic heterocycles. The molecule has 2 heteroatoms. The summed E-state index contributed by atoms with van der Waals surface area (Å²) in [5.41, 5.74) is 0. The predicted molar refractivity (Wildman–Crippen MR) is 26.1 cm³/mol. The van der Waals surface area contributed by atoms with Crippen molar-refractivity contribution in [2.45, 2.75) is 13.3 Å². The second-order valence-electron chi connectivity index (χ2n) is 1.36. The highest BCUT2D eigenvalue weighted by atomic mass is 16.3. The Morgan fingerprint density at radius 2 is 2.43 bits per heavy atom. The van der Waals surface area contributed by atoms with E-state index in [1.807, 2.05) is 6.92 Å². The molecule has 0 aliphatic heterocycles. The zero-order valence-corrected chi connectivity index (χ0v) is 4.29. The Morgan fingerprint density at radius 1 is 1.86 bits per heavy atom. The number of aldehydes is 1. The summed E-state index contributed by atoms with van der Waals surface area (Å²) in [4.78, 5) is 9.78. The molecule has 0 amide bonds. The van der Waals surface area contributed by atoms with E-state index in [1.165, 1.54) is 0 Å². The standard InChI is InChI=1S/C5H9O2/c1-2-5(3-6)4-7/h3-6H,2H2,1H3. The van der Waals surface area contributed by atoms with Gasteiger partial charge in [-0.15, -0.1) is 0 Å². The normalized spacial score (nSPS) is 13.4. The maximum absolute atomic E-state index is 9.78. The Balaban J connectivity index is 3.16. The summed E-state index contributed by atoms with van der Waals surface area (Å²) in [5.74, 6) is -0.264. The van der Waals surface area contributed by atoms with Crippen molar-refractivity contribution in [2.24, 2.45) is 5.92 Å². The maximum Gasteiger partial charge on any atom is 0.125 e. The number of carbonyl (C=O) groups is 1. The van der Waals surface area contributed by atoms with Gasteiger partial charge in [-0.25, -0.2) is 0 Å². The summed E-state index contributed by atoms with van der Waals surface area (Å²) in [6.45, 7) is 2.75. The van der Waals surface area contributed by atoms with Crippen LogP contribution in [-0.4, -0.2) is 11.4 Å². The zero-order valence-electron chi connectivity index (χ0n) is 4.29. The Bertz CT molecular complexity index is 48.0. The molecule has 7 heavy (non-hydrogen) atoms. The zero-order chi connectivity index (χ0) is 5.70. The van der Waals surface area contributed by atoms with E-state index < -0.39 is 0 Å². The largest absolute Gasteiger partial charge is 0.390 e. The lowest BCUT2D eigenvalue weighted by Crippen LogP contribution is -1.98. The van der Waals surface area contributed by atoms with Gasteiger partial charge in [0.25, 0.3) is 0 Å². The highest BCUT2D eigenvalue weighted by Gasteiger charge is 1.99. The Hall–Kier alpha value is -0.370. The third kappa shape index (κ3) is 2.34. The third-order valence-corrected chi connectivity index (χ3v) is 0.838. The van der Waals surface area contributed by atoms with Crippen molar-refractivity contribution >= 4 is 6.29 Å². The number of aliphatic hydroxyl groups excluding tert-OH is 1. The first kappa shape index (κ1) is 6.63. The number of aliphatic hydroxyl groups is 1. The second kappa shape index (κ2) is 3.81. The molecule has 1 atom stereocenters. The van der Waals surface area contributed by atoms with Crippen molar-refractivity contribution in [3.05, 3.63) is 6.61 Å². The van der Waals surface area contributed by atoms with Gasteiger partial charge in [-0.3, -0.25) is 0 Å². The first-order valence-corrected chi connectivity index (χ1v) is 2.28. The molecular formula is C5H9O2. The average molecular weight is 101 g/mol. The van der Waals surface area contributed by atoms with Crippen LogP contribution in [0, 0.1) is 12.5 Å². The smallest absolute Gasteiger partial charge is 0.125 e. The molecule has 0 aromatic carbocycles. The summed E-state index contributed by atoms with van der Waals surface area (Å²) < 4.78 is 0. The van der Waals surface area contributed by atoms with Gasteiger partial charge < -0.3 is 9.90 Å². The fourth-order valence-electron chi connectivity index (χ4n) is 0.237. The number of rotatable bonds is 3. The van der Waals surface area contributed by atoms with Crippen LogP contribution in [0.25, 0.3) is 0 Å². The van der Waals surface area contributed by atoms with E-state index in [9.17, 15) is 4.79 Å². The van der Waals surface area contributed by atoms with Crippen LogP contribution in [-0.2, 0) is 4.79 Å². The van der Waals surface area contributed by atoms with E-state index in [1.54, 1.807) is 0 Å². The fourth-order valence-corrected chi connectivity index (χ4v) is 0.237. The lowest BCUT2D eigenvalue weighted by molar-refractivity contribution is -0.111. The van der Waals surface area contributed by atoms with Crippen molar-refractivity contribution in [3.63, 3.8) is 0 Å². The molecular weight excluding hydrogens is 92.1 g/mol. The van der Waals surface area contributed by atoms with E-state index >= 15 is 0 Å². The highest BCUT2D eigenvalue weighted by Crippen LogP contribution is 1.97. The average Bonchev–Trinajstić information content (AvgIpc) is 1.72. The summed E-state index contributed by atoms with van der Waals surface area (Å²) in [5, 5.41) is 8.17. The lowest BCUT2D eigenvalue weighted by Gasteiger charge is -1.95. The third-order valence-electron chi connectivity index (χ3n) is 0.838. The van der Waals surface area contributed by atoms with Gasteiger partial charge in [-0.2, -0.15) is 0 Å². The Labute approximate surface area is 43.2 Å². The van der Waals surface area contributed by atoms with Crippen molar-refractivity contribution in [1.82, 2.24) is 0 Å². The van der Waals surface area contributed by atoms with Gasteiger partial charge in [0.15, 0.2) is 0 Å². The molecule has 1 N–H and O–H groups in total. The van der Waals surface area contributed by atoms with Crippen molar-refractivity contribution in [1.29, 1.82) is 0 Å². The van der Waals surface area contributed by atoms with Crippen LogP contribution in [0.5, 0.6) is 0 Å². The molecule has 0 aliphatic carbocycles. The minimum atomic E-state index is -0.264. The fraction of sp³-hybridized carbons (Fsp3) is 0.600. The van der Waals surface area contributed by atoms with E-state index in [2.05, 4.69) is 0 Å². The summed E-state index contributed by atoms with van der Waals surface area (Å²) in [6, 6.07) is 0. The highest BCUT2D eigenvalue weighted by molar-refractivity contribution is 5.54. The van der Waals surface area contributed by atoms with Crippen LogP contribution >= 0.6 is 0 Å². The molecule has 41 valence electrons. The number of carbonyl (C=O) groups excluding carboxylic acids is 1. The molecule has 0 heterocycles. The Morgan fingerprint density at radius 3 is 2.43 bits per heavy atom. The molecule has 0 aromatic rings. The van der Waals surface area contributed by atoms with E-state index in [0.717, 1.165) is 12.9 Å². The quantitative estimate of drug-likeness (QED) is 0.532. The molecule has 0 bridgehead atoms. The van der Waals surface area contributed by atoms with Gasteiger partial charge >= 0.3 is 0 Å². The number of hydrogen-bond acceptors (Lipinski definition) is 2. The van der Waals surface area contributed by atoms with Crippen LogP contribution in [0.3, 0.4) is 0 Å². The Kier molecular flexibility index (Phi) is 3.61. The second-order valence-corrected chi connectivity index (χ2v) is 1.36. The maximum atomic E-state index is 9.78. The monoisotopic (exact) mass is 101 g/mol. The van der Waals surface area contributed by atoms with Crippen molar-refractivity contribution < 1.29 is 9.90 Å². The molecule has 0 aliphatic rings. The van der Waals surface area contributed by atoms with Crippen LogP contribution in [0.2, 0.25) is 0 Å². The minimum Gasteiger partial charge on any atom is -0.390 e. The van der Waals surface area contributed by atoms with E-state index in [-0.39, 0.29) is 5.92 Å². The molecule has 0 fully saturated rings. The summed E-state index contributed by atoms with van der Waals surface area (Å²) >= 11 is 0. The van der Waals surface area contributed by atoms with Gasteiger partial charge in [0.2, 0.25) is 0 Å². The molecule has 0 spiro atoms. The molecule has 0 saturated carbocycles. The summed E-state index contributed by atoms with van der Waals surface area (Å²) in [7, 11) is 0. The van der Waals surface area contributed by atoms with Crippen LogP contribution in [0.15, 0.2) is 0 Å². The van der Waals surface area contributed by atoms with E-state index in [4.69, 9.17) is 5.11 Å². The first-order chi connectivity index (χ1) is 3.35. The van der Waals surface area contributed by atoms with Gasteiger partial charge in [-0.05, 0) is 6.42 Å². The van der Waals surface area contributed by atoms with Gasteiger partial charge in [0, 0.05) is 5.92 Å². The molecule has 2 nitrogen and oxygen atoms in total. The van der Waals surface area contributed by atoms with Crippen LogP contribution in [0.1, 0.15) is 13.3 Å². The summed E-state index contributed by atoms with van der Waals surface area (Å²) in [6.07, 6.45) is 1.40. The minimum absolute atomic E-state index is 0.264. The van der Waals surface area contributed by atoms with Crippen molar-refractivity contribution in [2.75, 3.05) is 0 Å². The van der Waals surface area contributed by atoms with E-state index in [0.29, 0.717) is 6.42 Å². The van der Waals surface area contributed by atoms with Crippen molar-refractivity contribution in [3.8, 4) is 0 Å². The molecule has 0 saturated heterocycles. The van der Waals surface area contributed by atoms with Crippen LogP contribution in [0.4, 0.5) is 0 Å². The molecule has 1 radical (unpaired) electrons. The molecule has 1 unspecified atom stereocenters. The SMILES string of the molecule is CCC([CH]O)C=O. The van der Waals surface area contributed by atoms with Gasteiger partial charge in [0.1, 0.15) is 6.29 Å². The predicted octanol–water partition coefficient (Wildman–Crippen LogP) is 0.746. The van der Waals surface area contributed by atoms with Gasteiger partial charge in [-0.1, -0.05) is 6.92 Å². The lowest BCUT2D eigenvalue weighted by atomic mass is 10.1. The number of hydrogen-bond donors (Lipinski definition) is 1. The molecule has 0 rings (SSSR count). The first-order valence-electron chi connectivity index (χ1n) is 2.28. The topological polar surface area (TPSA) is 37.3 Å². The van der Waals surface area contributed by atoms with Gasteiger partial charge in [0.05, 0.1) is 6.61 Å².